The first-order chi connectivity index (χ1) is 7.81. The molecular formula is C14H19NO. The van der Waals surface area contributed by atoms with Crippen molar-refractivity contribution in [1.82, 2.24) is 5.32 Å². The molecule has 1 aromatic rings. The second-order valence-corrected chi connectivity index (χ2v) is 5.08. The monoisotopic (exact) mass is 217 g/mol. The molecule has 0 bridgehead atoms. The number of hydrogen-bond donors (Lipinski definition) is 2. The maximum atomic E-state index is 11.0. The number of rotatable bonds is 1. The highest BCUT2D eigenvalue weighted by Crippen LogP contribution is 2.40. The van der Waals surface area contributed by atoms with Gasteiger partial charge in [-0.3, -0.25) is 0 Å². The lowest BCUT2D eigenvalue weighted by molar-refractivity contribution is -0.0134. The summed E-state index contributed by atoms with van der Waals surface area (Å²) in [5.41, 5.74) is 1.89. The number of fused-ring (bicyclic) bond motifs is 1. The van der Waals surface area contributed by atoms with Crippen LogP contribution in [0.4, 0.5) is 0 Å². The average Bonchev–Trinajstić information content (AvgIpc) is 2.84. The van der Waals surface area contributed by atoms with E-state index in [2.05, 4.69) is 23.5 Å². The summed E-state index contributed by atoms with van der Waals surface area (Å²) in [5, 5.41) is 14.4. The van der Waals surface area contributed by atoms with Gasteiger partial charge in [0.05, 0.1) is 0 Å². The van der Waals surface area contributed by atoms with Crippen LogP contribution >= 0.6 is 0 Å². The van der Waals surface area contributed by atoms with Crippen molar-refractivity contribution in [3.05, 3.63) is 35.4 Å². The molecular weight excluding hydrogens is 198 g/mol. The average molecular weight is 217 g/mol. The summed E-state index contributed by atoms with van der Waals surface area (Å²) in [6, 6.07) is 8.65. The first kappa shape index (κ1) is 10.3. The molecule has 2 heteroatoms. The van der Waals surface area contributed by atoms with Crippen LogP contribution in [0.1, 0.15) is 36.8 Å². The third-order valence-electron chi connectivity index (χ3n) is 4.12. The first-order valence-electron chi connectivity index (χ1n) is 6.35. The zero-order chi connectivity index (χ0) is 11.0. The van der Waals surface area contributed by atoms with Crippen molar-refractivity contribution < 1.29 is 5.11 Å². The lowest BCUT2D eigenvalue weighted by Crippen LogP contribution is -2.47. The summed E-state index contributed by atoms with van der Waals surface area (Å²) in [4.78, 5) is 0. The fourth-order valence-electron chi connectivity index (χ4n) is 3.30. The maximum Gasteiger partial charge on any atom is 0.105 e. The zero-order valence-corrected chi connectivity index (χ0v) is 9.58. The van der Waals surface area contributed by atoms with Crippen LogP contribution in [-0.4, -0.2) is 17.7 Å². The van der Waals surface area contributed by atoms with Crippen LogP contribution < -0.4 is 5.32 Å². The SMILES string of the molecule is O[C@]1([C@H]2CCCN2)CCCc2ccccc21. The molecule has 0 aromatic heterocycles. The molecule has 1 aromatic carbocycles. The second-order valence-electron chi connectivity index (χ2n) is 5.08. The molecule has 1 heterocycles. The van der Waals surface area contributed by atoms with Crippen LogP contribution in [0.25, 0.3) is 0 Å². The van der Waals surface area contributed by atoms with Crippen LogP contribution in [0.15, 0.2) is 24.3 Å². The number of aliphatic hydroxyl groups is 1. The van der Waals surface area contributed by atoms with E-state index in [-0.39, 0.29) is 6.04 Å². The maximum absolute atomic E-state index is 11.0. The molecule has 1 aliphatic carbocycles. The van der Waals surface area contributed by atoms with Crippen molar-refractivity contribution in [2.24, 2.45) is 0 Å². The van der Waals surface area contributed by atoms with Crippen molar-refractivity contribution in [2.75, 3.05) is 6.54 Å². The van der Waals surface area contributed by atoms with Crippen LogP contribution in [0.2, 0.25) is 0 Å². The molecule has 0 radical (unpaired) electrons. The van der Waals surface area contributed by atoms with E-state index in [1.54, 1.807) is 0 Å². The molecule has 2 N–H and O–H groups in total. The van der Waals surface area contributed by atoms with Crippen molar-refractivity contribution >= 4 is 0 Å². The molecule has 0 amide bonds. The van der Waals surface area contributed by atoms with Gasteiger partial charge in [0.1, 0.15) is 5.60 Å². The van der Waals surface area contributed by atoms with E-state index in [0.29, 0.717) is 0 Å². The minimum Gasteiger partial charge on any atom is -0.384 e. The van der Waals surface area contributed by atoms with E-state index in [9.17, 15) is 5.11 Å². The summed E-state index contributed by atoms with van der Waals surface area (Å²) in [6.07, 6.45) is 5.42. The van der Waals surface area contributed by atoms with Gasteiger partial charge in [0, 0.05) is 6.04 Å². The van der Waals surface area contributed by atoms with E-state index in [0.717, 1.165) is 32.2 Å². The highest BCUT2D eigenvalue weighted by atomic mass is 16.3. The van der Waals surface area contributed by atoms with Gasteiger partial charge in [-0.25, -0.2) is 0 Å². The normalized spacial score (nSPS) is 33.7. The molecule has 3 rings (SSSR count). The van der Waals surface area contributed by atoms with E-state index >= 15 is 0 Å². The Morgan fingerprint density at radius 1 is 1.25 bits per heavy atom. The Hall–Kier alpha value is -0.860. The van der Waals surface area contributed by atoms with Gasteiger partial charge < -0.3 is 10.4 Å². The van der Waals surface area contributed by atoms with Crippen molar-refractivity contribution in [1.29, 1.82) is 0 Å². The molecule has 16 heavy (non-hydrogen) atoms. The van der Waals surface area contributed by atoms with Crippen molar-refractivity contribution in [3.63, 3.8) is 0 Å². The molecule has 1 fully saturated rings. The zero-order valence-electron chi connectivity index (χ0n) is 9.58. The Bertz CT molecular complexity index is 384. The minimum absolute atomic E-state index is 0.258. The van der Waals surface area contributed by atoms with Crippen LogP contribution in [0, 0.1) is 0 Å². The lowest BCUT2D eigenvalue weighted by Gasteiger charge is -2.39. The number of hydrogen-bond acceptors (Lipinski definition) is 2. The van der Waals surface area contributed by atoms with Crippen LogP contribution in [0.3, 0.4) is 0 Å². The minimum atomic E-state index is -0.620. The van der Waals surface area contributed by atoms with Gasteiger partial charge >= 0.3 is 0 Å². The molecule has 1 aliphatic heterocycles. The van der Waals surface area contributed by atoms with Crippen molar-refractivity contribution in [3.8, 4) is 0 Å². The molecule has 2 aliphatic rings. The van der Waals surface area contributed by atoms with Gasteiger partial charge in [-0.2, -0.15) is 0 Å². The Morgan fingerprint density at radius 3 is 2.94 bits per heavy atom. The number of aryl methyl sites for hydroxylation is 1. The molecule has 0 saturated carbocycles. The molecule has 0 unspecified atom stereocenters. The quantitative estimate of drug-likeness (QED) is 0.753. The molecule has 0 spiro atoms. The fraction of sp³-hybridized carbons (Fsp3) is 0.571. The second kappa shape index (κ2) is 3.86. The Morgan fingerprint density at radius 2 is 2.12 bits per heavy atom. The summed E-state index contributed by atoms with van der Waals surface area (Å²) in [6.45, 7) is 1.05. The lowest BCUT2D eigenvalue weighted by atomic mass is 9.74. The smallest absolute Gasteiger partial charge is 0.105 e. The third-order valence-corrected chi connectivity index (χ3v) is 4.12. The van der Waals surface area contributed by atoms with Crippen LogP contribution in [-0.2, 0) is 12.0 Å². The van der Waals surface area contributed by atoms with Gasteiger partial charge in [0.15, 0.2) is 0 Å². The largest absolute Gasteiger partial charge is 0.384 e. The standard InChI is InChI=1S/C14H19NO/c16-14(13-8-4-10-15-13)9-3-6-11-5-1-2-7-12(11)14/h1-2,5,7,13,15-16H,3-4,6,8-10H2/t13-,14-/m1/s1. The molecule has 86 valence electrons. The predicted molar refractivity (Wildman–Crippen MR) is 64.3 cm³/mol. The fourth-order valence-corrected chi connectivity index (χ4v) is 3.30. The highest BCUT2D eigenvalue weighted by molar-refractivity contribution is 5.36. The highest BCUT2D eigenvalue weighted by Gasteiger charge is 2.42. The molecule has 1 saturated heterocycles. The summed E-state index contributed by atoms with van der Waals surface area (Å²) in [7, 11) is 0. The number of benzene rings is 1. The van der Waals surface area contributed by atoms with E-state index in [4.69, 9.17) is 0 Å². The first-order valence-corrected chi connectivity index (χ1v) is 6.35. The summed E-state index contributed by atoms with van der Waals surface area (Å²) in [5.74, 6) is 0. The van der Waals surface area contributed by atoms with Gasteiger partial charge in [-0.05, 0) is 49.8 Å². The Balaban J connectivity index is 2.02. The molecule has 2 nitrogen and oxygen atoms in total. The molecule has 2 atom stereocenters. The summed E-state index contributed by atoms with van der Waals surface area (Å²) >= 11 is 0. The van der Waals surface area contributed by atoms with E-state index in [1.807, 2.05) is 6.07 Å². The summed E-state index contributed by atoms with van der Waals surface area (Å²) < 4.78 is 0. The van der Waals surface area contributed by atoms with Crippen LogP contribution in [0.5, 0.6) is 0 Å². The topological polar surface area (TPSA) is 32.3 Å². The Labute approximate surface area is 96.7 Å². The number of nitrogens with one attached hydrogen (secondary N) is 1. The van der Waals surface area contributed by atoms with Gasteiger partial charge in [0.2, 0.25) is 0 Å². The van der Waals surface area contributed by atoms with Gasteiger partial charge in [-0.1, -0.05) is 24.3 Å². The predicted octanol–water partition coefficient (Wildman–Crippen LogP) is 1.96. The third kappa shape index (κ3) is 1.48. The van der Waals surface area contributed by atoms with E-state index < -0.39 is 5.60 Å². The Kier molecular flexibility index (Phi) is 2.49. The van der Waals surface area contributed by atoms with Crippen molar-refractivity contribution in [2.45, 2.75) is 43.7 Å². The van der Waals surface area contributed by atoms with E-state index in [1.165, 1.54) is 17.5 Å². The van der Waals surface area contributed by atoms with Gasteiger partial charge in [-0.15, -0.1) is 0 Å². The van der Waals surface area contributed by atoms with Gasteiger partial charge in [0.25, 0.3) is 0 Å².